The molecular weight excluding hydrogens is 302 g/mol. The van der Waals surface area contributed by atoms with Gasteiger partial charge in [0.05, 0.1) is 9.82 Å². The highest BCUT2D eigenvalue weighted by atomic mass is 32.2. The van der Waals surface area contributed by atoms with Gasteiger partial charge in [-0.05, 0) is 19.1 Å². The molecule has 0 aliphatic carbocycles. The molecule has 0 saturated heterocycles. The second-order valence-corrected chi connectivity index (χ2v) is 5.94. The smallest absolute Gasteiger partial charge is 0.273 e. The van der Waals surface area contributed by atoms with Crippen LogP contribution in [-0.4, -0.2) is 22.3 Å². The first-order chi connectivity index (χ1) is 9.73. The largest absolute Gasteiger partial charge is 0.342 e. The molecule has 0 bridgehead atoms. The zero-order valence-corrected chi connectivity index (χ0v) is 11.5. The lowest BCUT2D eigenvalue weighted by Crippen LogP contribution is -2.34. The van der Waals surface area contributed by atoms with Gasteiger partial charge in [-0.25, -0.2) is 13.2 Å². The lowest BCUT2D eigenvalue weighted by atomic mass is 10.3. The van der Waals surface area contributed by atoms with Crippen LogP contribution in [0.5, 0.6) is 0 Å². The van der Waals surface area contributed by atoms with Gasteiger partial charge in [-0.3, -0.25) is 19.9 Å². The summed E-state index contributed by atoms with van der Waals surface area (Å²) in [5.74, 6) is 0. The Morgan fingerprint density at radius 3 is 2.29 bits per heavy atom. The van der Waals surface area contributed by atoms with Crippen molar-refractivity contribution in [1.29, 1.82) is 0 Å². The molecule has 2 aromatic rings. The van der Waals surface area contributed by atoms with Gasteiger partial charge >= 0.3 is 5.69 Å². The molecule has 2 rings (SSSR count). The summed E-state index contributed by atoms with van der Waals surface area (Å²) in [6.45, 7) is 1.35. The Kier molecular flexibility index (Phi) is 3.47. The maximum atomic E-state index is 12.3. The van der Waals surface area contributed by atoms with E-state index in [1.807, 2.05) is 4.98 Å². The van der Waals surface area contributed by atoms with Gasteiger partial charge in [-0.2, -0.15) is 3.97 Å². The van der Waals surface area contributed by atoms with E-state index in [1.165, 1.54) is 6.92 Å². The van der Waals surface area contributed by atoms with E-state index in [2.05, 4.69) is 0 Å². The van der Waals surface area contributed by atoms with Gasteiger partial charge in [0.2, 0.25) is 0 Å². The SMILES string of the molecule is Cc1cn(S(=O)(=O)c2ccc([N+](=O)[O-])cc2)c(=O)[nH]c1=O. The summed E-state index contributed by atoms with van der Waals surface area (Å²) >= 11 is 0. The summed E-state index contributed by atoms with van der Waals surface area (Å²) in [6, 6.07) is 4.05. The number of aromatic amines is 1. The van der Waals surface area contributed by atoms with Crippen molar-refractivity contribution in [2.24, 2.45) is 0 Å². The average molecular weight is 311 g/mol. The molecule has 0 aliphatic rings. The summed E-state index contributed by atoms with van der Waals surface area (Å²) in [7, 11) is -4.24. The van der Waals surface area contributed by atoms with Crippen molar-refractivity contribution in [2.75, 3.05) is 0 Å². The van der Waals surface area contributed by atoms with Crippen LogP contribution in [0, 0.1) is 17.0 Å². The van der Waals surface area contributed by atoms with Crippen LogP contribution >= 0.6 is 0 Å². The quantitative estimate of drug-likeness (QED) is 0.626. The van der Waals surface area contributed by atoms with Gasteiger partial charge in [0.25, 0.3) is 21.3 Å². The second kappa shape index (κ2) is 4.98. The minimum absolute atomic E-state index is 0.0417. The molecule has 110 valence electrons. The van der Waals surface area contributed by atoms with Gasteiger partial charge in [0, 0.05) is 23.9 Å². The Balaban J connectivity index is 2.62. The van der Waals surface area contributed by atoms with Crippen LogP contribution in [0.2, 0.25) is 0 Å². The van der Waals surface area contributed by atoms with Crippen LogP contribution in [0.25, 0.3) is 0 Å². The Bertz CT molecular complexity index is 924. The van der Waals surface area contributed by atoms with Crippen molar-refractivity contribution in [3.63, 3.8) is 0 Å². The molecule has 0 atom stereocenters. The summed E-state index contributed by atoms with van der Waals surface area (Å²) in [4.78, 5) is 34.3. The van der Waals surface area contributed by atoms with Crippen molar-refractivity contribution in [1.82, 2.24) is 8.96 Å². The molecule has 0 radical (unpaired) electrons. The van der Waals surface area contributed by atoms with Crippen LogP contribution in [-0.2, 0) is 10.0 Å². The number of nitro benzene ring substituents is 1. The Morgan fingerprint density at radius 1 is 1.19 bits per heavy atom. The molecule has 10 heteroatoms. The number of nitrogens with one attached hydrogen (secondary N) is 1. The van der Waals surface area contributed by atoms with Gasteiger partial charge < -0.3 is 0 Å². The van der Waals surface area contributed by atoms with Crippen molar-refractivity contribution in [2.45, 2.75) is 11.8 Å². The molecule has 21 heavy (non-hydrogen) atoms. The molecule has 0 unspecified atom stereocenters. The van der Waals surface area contributed by atoms with Crippen LogP contribution < -0.4 is 11.2 Å². The van der Waals surface area contributed by atoms with Crippen LogP contribution in [0.15, 0.2) is 44.9 Å². The molecule has 0 aliphatic heterocycles. The summed E-state index contributed by atoms with van der Waals surface area (Å²) in [5, 5.41) is 10.5. The summed E-state index contributed by atoms with van der Waals surface area (Å²) in [6.07, 6.45) is 0.901. The Labute approximate surface area is 117 Å². The molecule has 0 fully saturated rings. The normalized spacial score (nSPS) is 11.3. The zero-order valence-electron chi connectivity index (χ0n) is 10.6. The fraction of sp³-hybridized carbons (Fsp3) is 0.0909. The first kappa shape index (κ1) is 14.7. The van der Waals surface area contributed by atoms with E-state index in [0.29, 0.717) is 3.97 Å². The molecule has 1 N–H and O–H groups in total. The van der Waals surface area contributed by atoms with Crippen LogP contribution in [0.1, 0.15) is 5.56 Å². The number of hydrogen-bond acceptors (Lipinski definition) is 6. The number of hydrogen-bond donors (Lipinski definition) is 1. The van der Waals surface area contributed by atoms with Crippen molar-refractivity contribution >= 4 is 15.7 Å². The predicted molar refractivity (Wildman–Crippen MR) is 71.7 cm³/mol. The van der Waals surface area contributed by atoms with E-state index in [-0.39, 0.29) is 16.1 Å². The summed E-state index contributed by atoms with van der Waals surface area (Å²) in [5.41, 5.74) is -2.03. The Hall–Kier alpha value is -2.75. The van der Waals surface area contributed by atoms with E-state index in [4.69, 9.17) is 0 Å². The first-order valence-electron chi connectivity index (χ1n) is 5.56. The third kappa shape index (κ3) is 2.60. The highest BCUT2D eigenvalue weighted by Crippen LogP contribution is 2.17. The van der Waals surface area contributed by atoms with Gasteiger partial charge in [-0.1, -0.05) is 0 Å². The lowest BCUT2D eigenvalue weighted by molar-refractivity contribution is -0.384. The second-order valence-electron chi connectivity index (χ2n) is 4.12. The molecule has 1 heterocycles. The molecule has 0 spiro atoms. The molecule has 1 aromatic carbocycles. The fourth-order valence-electron chi connectivity index (χ4n) is 1.58. The van der Waals surface area contributed by atoms with Gasteiger partial charge in [-0.15, -0.1) is 0 Å². The molecule has 1 aromatic heterocycles. The monoisotopic (exact) mass is 311 g/mol. The van der Waals surface area contributed by atoms with Crippen LogP contribution in [0.4, 0.5) is 5.69 Å². The molecule has 9 nitrogen and oxygen atoms in total. The fourth-order valence-corrected chi connectivity index (χ4v) is 2.84. The van der Waals surface area contributed by atoms with E-state index < -0.39 is 26.2 Å². The lowest BCUT2D eigenvalue weighted by Gasteiger charge is -2.07. The number of rotatable bonds is 3. The number of aryl methyl sites for hydroxylation is 1. The Morgan fingerprint density at radius 2 is 1.76 bits per heavy atom. The number of non-ortho nitro benzene ring substituents is 1. The van der Waals surface area contributed by atoms with E-state index in [9.17, 15) is 28.1 Å². The van der Waals surface area contributed by atoms with Gasteiger partial charge in [0.15, 0.2) is 0 Å². The highest BCUT2D eigenvalue weighted by Gasteiger charge is 2.20. The van der Waals surface area contributed by atoms with E-state index >= 15 is 0 Å². The minimum Gasteiger partial charge on any atom is -0.273 e. The topological polar surface area (TPSA) is 132 Å². The highest BCUT2D eigenvalue weighted by molar-refractivity contribution is 7.90. The molecule has 0 saturated carbocycles. The zero-order chi connectivity index (χ0) is 15.8. The molecular formula is C11H9N3O6S. The van der Waals surface area contributed by atoms with Crippen molar-refractivity contribution < 1.29 is 13.3 Å². The van der Waals surface area contributed by atoms with Crippen molar-refractivity contribution in [3.05, 3.63) is 67.0 Å². The first-order valence-corrected chi connectivity index (χ1v) is 7.00. The number of H-pyrrole nitrogens is 1. The maximum absolute atomic E-state index is 12.3. The maximum Gasteiger partial charge on any atom is 0.342 e. The summed E-state index contributed by atoms with van der Waals surface area (Å²) < 4.78 is 24.9. The van der Waals surface area contributed by atoms with Gasteiger partial charge in [0.1, 0.15) is 0 Å². The molecule has 0 amide bonds. The van der Waals surface area contributed by atoms with E-state index in [0.717, 1.165) is 30.5 Å². The number of nitro groups is 1. The van der Waals surface area contributed by atoms with E-state index in [1.54, 1.807) is 0 Å². The number of benzene rings is 1. The third-order valence-electron chi connectivity index (χ3n) is 2.69. The minimum atomic E-state index is -4.24. The average Bonchev–Trinajstić information content (AvgIpc) is 2.42. The van der Waals surface area contributed by atoms with Crippen molar-refractivity contribution in [3.8, 4) is 0 Å². The standard InChI is InChI=1S/C11H9N3O6S/c1-7-6-13(11(16)12-10(7)15)21(19,20)9-4-2-8(3-5-9)14(17)18/h2-6H,1H3,(H,12,15,16). The third-order valence-corrected chi connectivity index (χ3v) is 4.35. The number of nitrogens with zero attached hydrogens (tertiary/aromatic N) is 2. The number of aromatic nitrogens is 2. The predicted octanol–water partition coefficient (Wildman–Crippen LogP) is -0.00978. The van der Waals surface area contributed by atoms with Crippen LogP contribution in [0.3, 0.4) is 0 Å².